The third-order valence-electron chi connectivity index (χ3n) is 2.43. The fraction of sp³-hybridized carbons (Fsp3) is 0.909. The summed E-state index contributed by atoms with van der Waals surface area (Å²) >= 11 is 3.43. The molecular formula is C11H24N2O3S3. The van der Waals surface area contributed by atoms with Gasteiger partial charge >= 0.3 is 0 Å². The van der Waals surface area contributed by atoms with E-state index in [2.05, 4.69) is 10.6 Å². The van der Waals surface area contributed by atoms with Crippen LogP contribution in [0.1, 0.15) is 32.1 Å². The maximum Gasteiger partial charge on any atom is 0.166 e. The Kier molecular flexibility index (Phi) is 12.9. The van der Waals surface area contributed by atoms with Gasteiger partial charge in [0.25, 0.3) is 0 Å². The maximum absolute atomic E-state index is 10.8. The van der Waals surface area contributed by atoms with Crippen LogP contribution in [-0.2, 0) is 21.9 Å². The quantitative estimate of drug-likeness (QED) is 0.298. The lowest BCUT2D eigenvalue weighted by molar-refractivity contribution is 0.558. The van der Waals surface area contributed by atoms with E-state index in [-0.39, 0.29) is 0 Å². The van der Waals surface area contributed by atoms with Gasteiger partial charge in [-0.05, 0) is 37.9 Å². The van der Waals surface area contributed by atoms with Gasteiger partial charge in [-0.1, -0.05) is 6.42 Å². The van der Waals surface area contributed by atoms with Gasteiger partial charge in [0.2, 0.25) is 0 Å². The Balaban J connectivity index is 3.26. The van der Waals surface area contributed by atoms with E-state index in [1.54, 1.807) is 6.26 Å². The van der Waals surface area contributed by atoms with Crippen LogP contribution in [-0.4, -0.2) is 48.9 Å². The standard InChI is InChI=1S/C11H24N2O3S3/c1-18(14)9-6-4-8-13-11(17)12-7-3-2-5-10-19(15)16/h2-10H2,1H3,(H,15,16)(H2,12,13,17). The molecule has 0 amide bonds. The first-order valence-corrected chi connectivity index (χ1v) is 9.82. The lowest BCUT2D eigenvalue weighted by Crippen LogP contribution is -2.36. The molecule has 0 spiro atoms. The van der Waals surface area contributed by atoms with Crippen LogP contribution in [0, 0.1) is 0 Å². The summed E-state index contributed by atoms with van der Waals surface area (Å²) in [5.41, 5.74) is 0. The average molecular weight is 329 g/mol. The fourth-order valence-corrected chi connectivity index (χ4v) is 2.69. The molecule has 5 nitrogen and oxygen atoms in total. The Morgan fingerprint density at radius 1 is 1.00 bits per heavy atom. The van der Waals surface area contributed by atoms with E-state index >= 15 is 0 Å². The Morgan fingerprint density at radius 3 is 2.05 bits per heavy atom. The molecule has 114 valence electrons. The van der Waals surface area contributed by atoms with Gasteiger partial charge in [-0.2, -0.15) is 0 Å². The minimum absolute atomic E-state index is 0.349. The van der Waals surface area contributed by atoms with Crippen LogP contribution in [0.15, 0.2) is 0 Å². The molecular weight excluding hydrogens is 304 g/mol. The van der Waals surface area contributed by atoms with Crippen molar-refractivity contribution in [2.75, 3.05) is 30.9 Å². The van der Waals surface area contributed by atoms with Crippen LogP contribution in [0.5, 0.6) is 0 Å². The fourth-order valence-electron chi connectivity index (χ4n) is 1.42. The molecule has 0 radical (unpaired) electrons. The molecule has 0 aliphatic carbocycles. The van der Waals surface area contributed by atoms with Crippen molar-refractivity contribution in [2.24, 2.45) is 0 Å². The summed E-state index contributed by atoms with van der Waals surface area (Å²) in [5, 5.41) is 6.83. The largest absolute Gasteiger partial charge is 0.363 e. The van der Waals surface area contributed by atoms with Crippen molar-refractivity contribution in [1.29, 1.82) is 0 Å². The highest BCUT2D eigenvalue weighted by atomic mass is 32.2. The molecule has 8 heteroatoms. The minimum Gasteiger partial charge on any atom is -0.363 e. The van der Waals surface area contributed by atoms with E-state index in [4.69, 9.17) is 16.8 Å². The van der Waals surface area contributed by atoms with Gasteiger partial charge in [-0.15, -0.1) is 0 Å². The van der Waals surface area contributed by atoms with Crippen molar-refractivity contribution in [3.8, 4) is 0 Å². The summed E-state index contributed by atoms with van der Waals surface area (Å²) in [4.78, 5) is 0. The number of unbranched alkanes of at least 4 members (excludes halogenated alkanes) is 3. The second kappa shape index (κ2) is 13.0. The van der Waals surface area contributed by atoms with Gasteiger partial charge in [-0.25, -0.2) is 4.21 Å². The molecule has 0 aliphatic heterocycles. The molecule has 0 aliphatic rings. The highest BCUT2D eigenvalue weighted by molar-refractivity contribution is 7.84. The van der Waals surface area contributed by atoms with Crippen molar-refractivity contribution < 1.29 is 13.0 Å². The van der Waals surface area contributed by atoms with E-state index in [1.807, 2.05) is 0 Å². The van der Waals surface area contributed by atoms with Gasteiger partial charge in [0.05, 0.1) is 0 Å². The molecule has 2 atom stereocenters. The second-order valence-electron chi connectivity index (χ2n) is 4.25. The maximum atomic E-state index is 10.8. The molecule has 0 aromatic carbocycles. The Bertz CT molecular complexity index is 301. The van der Waals surface area contributed by atoms with Crippen molar-refractivity contribution in [3.05, 3.63) is 0 Å². The minimum atomic E-state index is -1.67. The lowest BCUT2D eigenvalue weighted by Gasteiger charge is -2.09. The zero-order chi connectivity index (χ0) is 14.5. The van der Waals surface area contributed by atoms with Crippen LogP contribution in [0.3, 0.4) is 0 Å². The average Bonchev–Trinajstić information content (AvgIpc) is 2.32. The van der Waals surface area contributed by atoms with Gasteiger partial charge < -0.3 is 15.2 Å². The topological polar surface area (TPSA) is 78.4 Å². The van der Waals surface area contributed by atoms with E-state index < -0.39 is 21.9 Å². The van der Waals surface area contributed by atoms with Crippen LogP contribution in [0.4, 0.5) is 0 Å². The summed E-state index contributed by atoms with van der Waals surface area (Å²) in [5.74, 6) is 1.09. The van der Waals surface area contributed by atoms with Gasteiger partial charge in [-0.3, -0.25) is 4.21 Å². The Morgan fingerprint density at radius 2 is 1.53 bits per heavy atom. The molecule has 19 heavy (non-hydrogen) atoms. The molecule has 0 aromatic rings. The molecule has 0 saturated carbocycles. The molecule has 0 aromatic heterocycles. The SMILES string of the molecule is CS(=O)CCCCNC(=S)NCCCCCS(=O)O. The molecule has 0 rings (SSSR count). The van der Waals surface area contributed by atoms with Crippen LogP contribution < -0.4 is 10.6 Å². The predicted molar refractivity (Wildman–Crippen MR) is 86.3 cm³/mol. The number of thiocarbonyl (C=S) groups is 1. The number of rotatable bonds is 11. The van der Waals surface area contributed by atoms with E-state index in [9.17, 15) is 8.42 Å². The number of hydrogen-bond acceptors (Lipinski definition) is 3. The monoisotopic (exact) mass is 328 g/mol. The first-order valence-electron chi connectivity index (χ1n) is 6.41. The third kappa shape index (κ3) is 15.9. The third-order valence-corrected chi connectivity index (χ3v) is 4.22. The van der Waals surface area contributed by atoms with Crippen LogP contribution >= 0.6 is 12.2 Å². The Labute approximate surface area is 126 Å². The van der Waals surface area contributed by atoms with Gasteiger partial charge in [0.15, 0.2) is 16.2 Å². The summed E-state index contributed by atoms with van der Waals surface area (Å²) in [6, 6.07) is 0. The van der Waals surface area contributed by atoms with Crippen molar-refractivity contribution >= 4 is 39.2 Å². The molecule has 2 unspecified atom stereocenters. The zero-order valence-electron chi connectivity index (χ0n) is 11.4. The first-order chi connectivity index (χ1) is 9.02. The molecule has 0 saturated heterocycles. The lowest BCUT2D eigenvalue weighted by atomic mass is 10.2. The van der Waals surface area contributed by atoms with E-state index in [0.717, 1.165) is 50.9 Å². The van der Waals surface area contributed by atoms with Crippen LogP contribution in [0.2, 0.25) is 0 Å². The molecule has 0 heterocycles. The van der Waals surface area contributed by atoms with Gasteiger partial charge in [0, 0.05) is 41.7 Å². The normalized spacial score (nSPS) is 13.8. The van der Waals surface area contributed by atoms with E-state index in [0.29, 0.717) is 10.9 Å². The Hall–Kier alpha value is -0.0500. The summed E-state index contributed by atoms with van der Waals surface area (Å²) < 4.78 is 29.8. The van der Waals surface area contributed by atoms with Crippen LogP contribution in [0.25, 0.3) is 0 Å². The second-order valence-corrected chi connectivity index (χ2v) is 7.27. The van der Waals surface area contributed by atoms with E-state index in [1.165, 1.54) is 0 Å². The van der Waals surface area contributed by atoms with Crippen molar-refractivity contribution in [2.45, 2.75) is 32.1 Å². The van der Waals surface area contributed by atoms with Crippen molar-refractivity contribution in [1.82, 2.24) is 10.6 Å². The summed E-state index contributed by atoms with van der Waals surface area (Å²) in [7, 11) is -0.707. The zero-order valence-corrected chi connectivity index (χ0v) is 13.8. The highest BCUT2D eigenvalue weighted by Crippen LogP contribution is 1.95. The molecule has 0 fully saturated rings. The smallest absolute Gasteiger partial charge is 0.166 e. The summed E-state index contributed by atoms with van der Waals surface area (Å²) in [6.07, 6.45) is 6.24. The number of hydrogen-bond donors (Lipinski definition) is 3. The predicted octanol–water partition coefficient (Wildman–Crippen LogP) is 1.00. The summed E-state index contributed by atoms with van der Waals surface area (Å²) in [6.45, 7) is 1.58. The van der Waals surface area contributed by atoms with Crippen molar-refractivity contribution in [3.63, 3.8) is 0 Å². The molecule has 3 N–H and O–H groups in total. The number of nitrogens with one attached hydrogen (secondary N) is 2. The first kappa shape index (κ1) is 18.9. The highest BCUT2D eigenvalue weighted by Gasteiger charge is 1.97. The molecule has 0 bridgehead atoms. The van der Waals surface area contributed by atoms with Gasteiger partial charge in [0.1, 0.15) is 0 Å².